The fraction of sp³-hybridized carbons (Fsp3) is 0.417. The van der Waals surface area contributed by atoms with Crippen LogP contribution in [0.25, 0.3) is 0 Å². The molecule has 2 N–H and O–H groups in total. The summed E-state index contributed by atoms with van der Waals surface area (Å²) in [7, 11) is 0. The van der Waals surface area contributed by atoms with Crippen molar-refractivity contribution in [1.29, 1.82) is 0 Å². The highest BCUT2D eigenvalue weighted by atomic mass is 15.4. The summed E-state index contributed by atoms with van der Waals surface area (Å²) in [5.41, 5.74) is 7.36. The molecule has 0 aromatic carbocycles. The third-order valence-corrected chi connectivity index (χ3v) is 2.52. The molecule has 0 amide bonds. The lowest BCUT2D eigenvalue weighted by Gasteiger charge is -2.13. The molecule has 2 aromatic heterocycles. The molecular formula is C12H17N5. The van der Waals surface area contributed by atoms with Crippen molar-refractivity contribution in [2.24, 2.45) is 5.73 Å². The normalized spacial score (nSPS) is 11.7. The van der Waals surface area contributed by atoms with Gasteiger partial charge < -0.3 is 5.73 Å². The number of nitrogens with zero attached hydrogens (tertiary/aromatic N) is 4. The topological polar surface area (TPSA) is 69.6 Å². The lowest BCUT2D eigenvalue weighted by Crippen LogP contribution is -2.29. The van der Waals surface area contributed by atoms with E-state index in [9.17, 15) is 0 Å². The Labute approximate surface area is 101 Å². The minimum atomic E-state index is -0.441. The highest BCUT2D eigenvalue weighted by Gasteiger charge is 2.18. The standard InChI is InChI=1S/C12H17N5/c1-12(2,13)11-9-17(16-15-11)8-6-10-5-3-4-7-14-10/h3-5,7,9H,6,8,13H2,1-2H3. The first-order valence-electron chi connectivity index (χ1n) is 5.65. The first kappa shape index (κ1) is 11.7. The van der Waals surface area contributed by atoms with Crippen LogP contribution in [0.1, 0.15) is 25.2 Å². The maximum Gasteiger partial charge on any atom is 0.102 e. The lowest BCUT2D eigenvalue weighted by molar-refractivity contribution is 0.533. The highest BCUT2D eigenvalue weighted by Crippen LogP contribution is 2.12. The molecule has 2 heterocycles. The SMILES string of the molecule is CC(C)(N)c1cn(CCc2ccccn2)nn1. The summed E-state index contributed by atoms with van der Waals surface area (Å²) in [4.78, 5) is 4.26. The average Bonchev–Trinajstić information content (AvgIpc) is 2.76. The molecule has 0 spiro atoms. The fourth-order valence-electron chi connectivity index (χ4n) is 1.48. The molecule has 0 atom stereocenters. The number of nitrogens with two attached hydrogens (primary N) is 1. The predicted molar refractivity (Wildman–Crippen MR) is 65.2 cm³/mol. The molecule has 5 heteroatoms. The number of hydrogen-bond donors (Lipinski definition) is 1. The van der Waals surface area contributed by atoms with E-state index in [4.69, 9.17) is 5.73 Å². The zero-order valence-electron chi connectivity index (χ0n) is 10.2. The Hall–Kier alpha value is -1.75. The van der Waals surface area contributed by atoms with Crippen LogP contribution in [0.3, 0.4) is 0 Å². The largest absolute Gasteiger partial charge is 0.320 e. The molecule has 0 bridgehead atoms. The van der Waals surface area contributed by atoms with Gasteiger partial charge in [0.15, 0.2) is 0 Å². The van der Waals surface area contributed by atoms with Gasteiger partial charge in [0.1, 0.15) is 5.69 Å². The van der Waals surface area contributed by atoms with Crippen LogP contribution >= 0.6 is 0 Å². The van der Waals surface area contributed by atoms with Crippen molar-refractivity contribution in [3.8, 4) is 0 Å². The summed E-state index contributed by atoms with van der Waals surface area (Å²) in [6, 6.07) is 5.90. The van der Waals surface area contributed by atoms with Gasteiger partial charge in [-0.3, -0.25) is 9.67 Å². The van der Waals surface area contributed by atoms with Crippen LogP contribution in [-0.4, -0.2) is 20.0 Å². The second-order valence-electron chi connectivity index (χ2n) is 4.66. The van der Waals surface area contributed by atoms with Gasteiger partial charge in [0.2, 0.25) is 0 Å². The van der Waals surface area contributed by atoms with Crippen molar-refractivity contribution in [2.45, 2.75) is 32.4 Å². The first-order valence-corrected chi connectivity index (χ1v) is 5.65. The van der Waals surface area contributed by atoms with Gasteiger partial charge in [-0.1, -0.05) is 11.3 Å². The molecule has 0 aliphatic carbocycles. The van der Waals surface area contributed by atoms with E-state index in [0.29, 0.717) is 0 Å². The number of hydrogen-bond acceptors (Lipinski definition) is 4. The van der Waals surface area contributed by atoms with Crippen LogP contribution in [0, 0.1) is 0 Å². The Balaban J connectivity index is 1.99. The van der Waals surface area contributed by atoms with E-state index in [1.807, 2.05) is 38.2 Å². The lowest BCUT2D eigenvalue weighted by atomic mass is 10.0. The number of rotatable bonds is 4. The molecule has 2 rings (SSSR count). The van der Waals surface area contributed by atoms with Crippen molar-refractivity contribution in [1.82, 2.24) is 20.0 Å². The van der Waals surface area contributed by atoms with Gasteiger partial charge >= 0.3 is 0 Å². The van der Waals surface area contributed by atoms with Gasteiger partial charge in [-0.05, 0) is 26.0 Å². The number of pyridine rings is 1. The predicted octanol–water partition coefficient (Wildman–Crippen LogP) is 1.11. The van der Waals surface area contributed by atoms with E-state index < -0.39 is 5.54 Å². The summed E-state index contributed by atoms with van der Waals surface area (Å²) in [6.45, 7) is 4.60. The maximum atomic E-state index is 5.95. The van der Waals surface area contributed by atoms with Gasteiger partial charge in [-0.2, -0.15) is 0 Å². The second kappa shape index (κ2) is 4.63. The fourth-order valence-corrected chi connectivity index (χ4v) is 1.48. The summed E-state index contributed by atoms with van der Waals surface area (Å²) in [5, 5.41) is 8.12. The van der Waals surface area contributed by atoms with E-state index in [2.05, 4.69) is 15.3 Å². The summed E-state index contributed by atoms with van der Waals surface area (Å²) < 4.78 is 1.80. The molecule has 0 saturated carbocycles. The van der Waals surface area contributed by atoms with Gasteiger partial charge in [0, 0.05) is 24.9 Å². The van der Waals surface area contributed by atoms with Gasteiger partial charge in [-0.15, -0.1) is 5.10 Å². The van der Waals surface area contributed by atoms with E-state index in [1.165, 1.54) is 0 Å². The Bertz CT molecular complexity index is 469. The van der Waals surface area contributed by atoms with Gasteiger partial charge in [0.25, 0.3) is 0 Å². The van der Waals surface area contributed by atoms with E-state index in [1.54, 1.807) is 10.9 Å². The van der Waals surface area contributed by atoms with E-state index in [0.717, 1.165) is 24.4 Å². The summed E-state index contributed by atoms with van der Waals surface area (Å²) in [5.74, 6) is 0. The Kier molecular flexibility index (Phi) is 3.19. The summed E-state index contributed by atoms with van der Waals surface area (Å²) >= 11 is 0. The molecule has 0 saturated heterocycles. The summed E-state index contributed by atoms with van der Waals surface area (Å²) in [6.07, 6.45) is 4.53. The van der Waals surface area contributed by atoms with Crippen LogP contribution in [0.15, 0.2) is 30.6 Å². The molecule has 17 heavy (non-hydrogen) atoms. The van der Waals surface area contributed by atoms with Crippen molar-refractivity contribution < 1.29 is 0 Å². The molecule has 0 radical (unpaired) electrons. The second-order valence-corrected chi connectivity index (χ2v) is 4.66. The molecular weight excluding hydrogens is 214 g/mol. The maximum absolute atomic E-state index is 5.95. The monoisotopic (exact) mass is 231 g/mol. The first-order chi connectivity index (χ1) is 8.05. The number of aryl methyl sites for hydroxylation is 2. The zero-order valence-corrected chi connectivity index (χ0v) is 10.2. The highest BCUT2D eigenvalue weighted by molar-refractivity contribution is 5.06. The molecule has 0 unspecified atom stereocenters. The molecule has 90 valence electrons. The molecule has 2 aromatic rings. The smallest absolute Gasteiger partial charge is 0.102 e. The van der Waals surface area contributed by atoms with E-state index >= 15 is 0 Å². The van der Waals surface area contributed by atoms with Crippen LogP contribution in [0.2, 0.25) is 0 Å². The molecule has 0 aliphatic rings. The third kappa shape index (κ3) is 3.10. The average molecular weight is 231 g/mol. The Morgan fingerprint density at radius 2 is 2.18 bits per heavy atom. The van der Waals surface area contributed by atoms with Crippen molar-refractivity contribution >= 4 is 0 Å². The van der Waals surface area contributed by atoms with Gasteiger partial charge in [0.05, 0.1) is 11.7 Å². The molecule has 0 aliphatic heterocycles. The van der Waals surface area contributed by atoms with Crippen LogP contribution in [-0.2, 0) is 18.5 Å². The van der Waals surface area contributed by atoms with Crippen molar-refractivity contribution in [2.75, 3.05) is 0 Å². The Morgan fingerprint density at radius 3 is 2.76 bits per heavy atom. The van der Waals surface area contributed by atoms with E-state index in [-0.39, 0.29) is 0 Å². The third-order valence-electron chi connectivity index (χ3n) is 2.52. The number of aromatic nitrogens is 4. The van der Waals surface area contributed by atoms with Crippen LogP contribution in [0.5, 0.6) is 0 Å². The minimum absolute atomic E-state index is 0.441. The van der Waals surface area contributed by atoms with Crippen LogP contribution < -0.4 is 5.73 Å². The van der Waals surface area contributed by atoms with Crippen molar-refractivity contribution in [3.63, 3.8) is 0 Å². The molecule has 0 fully saturated rings. The van der Waals surface area contributed by atoms with Gasteiger partial charge in [-0.25, -0.2) is 0 Å². The molecule has 5 nitrogen and oxygen atoms in total. The quantitative estimate of drug-likeness (QED) is 0.855. The zero-order chi connectivity index (χ0) is 12.3. The Morgan fingerprint density at radius 1 is 1.35 bits per heavy atom. The van der Waals surface area contributed by atoms with Crippen LogP contribution in [0.4, 0.5) is 0 Å². The van der Waals surface area contributed by atoms with Crippen molar-refractivity contribution in [3.05, 3.63) is 42.0 Å². The minimum Gasteiger partial charge on any atom is -0.320 e.